The van der Waals surface area contributed by atoms with Gasteiger partial charge in [-0.1, -0.05) is 0 Å². The van der Waals surface area contributed by atoms with Gasteiger partial charge in [0, 0.05) is 37.3 Å². The van der Waals surface area contributed by atoms with Gasteiger partial charge in [0.2, 0.25) is 5.91 Å². The summed E-state index contributed by atoms with van der Waals surface area (Å²) in [5.41, 5.74) is 6.51. The molecule has 2 aromatic heterocycles. The number of carbonyl (C=O) groups is 1. The highest BCUT2D eigenvalue weighted by Crippen LogP contribution is 2.45. The lowest BCUT2D eigenvalue weighted by Gasteiger charge is -2.37. The Morgan fingerprint density at radius 3 is 2.80 bits per heavy atom. The third-order valence-electron chi connectivity index (χ3n) is 5.16. The molecule has 0 radical (unpaired) electrons. The molecule has 2 N–H and O–H groups in total. The van der Waals surface area contributed by atoms with Crippen LogP contribution in [0.4, 0.5) is 19.0 Å². The second-order valence-electron chi connectivity index (χ2n) is 6.53. The largest absolute Gasteiger partial charge is 0.394 e. The number of imidazole rings is 1. The summed E-state index contributed by atoms with van der Waals surface area (Å²) in [6.07, 6.45) is -0.682. The van der Waals surface area contributed by atoms with Crippen LogP contribution in [0.5, 0.6) is 0 Å². The number of rotatable bonds is 1. The Bertz CT molecular complexity index is 852. The van der Waals surface area contributed by atoms with Crippen molar-refractivity contribution in [2.24, 2.45) is 5.92 Å². The lowest BCUT2D eigenvalue weighted by atomic mass is 9.87. The minimum Gasteiger partial charge on any atom is -0.382 e. The van der Waals surface area contributed by atoms with Crippen molar-refractivity contribution in [2.75, 3.05) is 12.3 Å². The van der Waals surface area contributed by atoms with Gasteiger partial charge in [-0.05, 0) is 28.8 Å². The van der Waals surface area contributed by atoms with Crippen LogP contribution in [-0.4, -0.2) is 43.9 Å². The number of hydrogen-bond donors (Lipinski definition) is 1. The van der Waals surface area contributed by atoms with Crippen molar-refractivity contribution in [3.63, 3.8) is 0 Å². The highest BCUT2D eigenvalue weighted by molar-refractivity contribution is 9.10. The van der Waals surface area contributed by atoms with Crippen molar-refractivity contribution in [3.8, 4) is 0 Å². The molecule has 25 heavy (non-hydrogen) atoms. The number of alkyl halides is 3. The number of carbonyl (C=O) groups excluding carboxylic acids is 1. The van der Waals surface area contributed by atoms with Crippen molar-refractivity contribution >= 4 is 33.2 Å². The first-order valence-corrected chi connectivity index (χ1v) is 8.70. The molecule has 0 aromatic carbocycles. The van der Waals surface area contributed by atoms with Gasteiger partial charge >= 0.3 is 6.18 Å². The number of nitrogen functional groups attached to an aromatic ring is 1. The van der Waals surface area contributed by atoms with Gasteiger partial charge in [-0.25, -0.2) is 9.97 Å². The van der Waals surface area contributed by atoms with Gasteiger partial charge < -0.3 is 10.6 Å². The van der Waals surface area contributed by atoms with Crippen LogP contribution >= 0.6 is 15.9 Å². The summed E-state index contributed by atoms with van der Waals surface area (Å²) in [4.78, 5) is 22.0. The molecular formula is C15H15BrF3N5O. The van der Waals surface area contributed by atoms with Crippen molar-refractivity contribution in [1.82, 2.24) is 19.3 Å². The van der Waals surface area contributed by atoms with Crippen LogP contribution in [0, 0.1) is 5.92 Å². The molecule has 2 aliphatic rings. The SMILES string of the molecule is Nc1nccn2c([C@@H]3CC[C@H]4[C@H](C(F)(F)F)CC(=O)N4C3)nc(Br)c12. The summed E-state index contributed by atoms with van der Waals surface area (Å²) in [7, 11) is 0. The molecule has 2 fully saturated rings. The smallest absolute Gasteiger partial charge is 0.382 e. The Labute approximate surface area is 149 Å². The number of anilines is 1. The molecule has 3 atom stereocenters. The highest BCUT2D eigenvalue weighted by atomic mass is 79.9. The van der Waals surface area contributed by atoms with Crippen LogP contribution in [0.15, 0.2) is 17.0 Å². The zero-order valence-corrected chi connectivity index (χ0v) is 14.6. The highest BCUT2D eigenvalue weighted by Gasteiger charge is 2.55. The summed E-state index contributed by atoms with van der Waals surface area (Å²) in [5, 5.41) is 0. The summed E-state index contributed by atoms with van der Waals surface area (Å²) >= 11 is 3.36. The Kier molecular flexibility index (Phi) is 3.71. The third-order valence-corrected chi connectivity index (χ3v) is 5.71. The van der Waals surface area contributed by atoms with E-state index >= 15 is 0 Å². The summed E-state index contributed by atoms with van der Waals surface area (Å²) < 4.78 is 41.8. The zero-order valence-electron chi connectivity index (χ0n) is 13.0. The Hall–Kier alpha value is -1.84. The summed E-state index contributed by atoms with van der Waals surface area (Å²) in [6.45, 7) is 0.240. The average molecular weight is 418 g/mol. The molecule has 2 aromatic rings. The predicted octanol–water partition coefficient (Wildman–Crippen LogP) is 2.73. The fourth-order valence-corrected chi connectivity index (χ4v) is 4.59. The molecule has 2 aliphatic heterocycles. The average Bonchev–Trinajstić information content (AvgIpc) is 3.06. The monoisotopic (exact) mass is 417 g/mol. The topological polar surface area (TPSA) is 76.5 Å². The van der Waals surface area contributed by atoms with E-state index in [1.807, 2.05) is 0 Å². The number of nitrogens with zero attached hydrogens (tertiary/aromatic N) is 4. The van der Waals surface area contributed by atoms with E-state index in [0.717, 1.165) is 0 Å². The molecule has 4 rings (SSSR count). The van der Waals surface area contributed by atoms with E-state index in [4.69, 9.17) is 5.73 Å². The van der Waals surface area contributed by atoms with Crippen molar-refractivity contribution in [3.05, 3.63) is 22.8 Å². The maximum Gasteiger partial charge on any atom is 0.394 e. The maximum absolute atomic E-state index is 13.2. The zero-order chi connectivity index (χ0) is 17.9. The molecule has 2 saturated heterocycles. The van der Waals surface area contributed by atoms with Gasteiger partial charge in [0.1, 0.15) is 15.9 Å². The van der Waals surface area contributed by atoms with Crippen molar-refractivity contribution in [2.45, 2.75) is 37.4 Å². The standard InChI is InChI=1S/C15H15BrF3N5O/c16-12-11-13(20)21-3-4-23(11)14(22-12)7-1-2-9-8(15(17,18)19)5-10(25)24(9)6-7/h3-4,7-9H,1-2,5-6H2,(H2,20,21)/t7-,8-,9+/m1/s1. The number of hydrogen-bond acceptors (Lipinski definition) is 4. The fourth-order valence-electron chi connectivity index (χ4n) is 4.01. The van der Waals surface area contributed by atoms with E-state index in [1.165, 1.54) is 4.90 Å². The number of fused-ring (bicyclic) bond motifs is 2. The van der Waals surface area contributed by atoms with Crippen molar-refractivity contribution in [1.29, 1.82) is 0 Å². The Balaban J connectivity index is 1.66. The lowest BCUT2D eigenvalue weighted by molar-refractivity contribution is -0.182. The van der Waals surface area contributed by atoms with E-state index < -0.39 is 30.5 Å². The molecule has 0 bridgehead atoms. The molecule has 0 saturated carbocycles. The quantitative estimate of drug-likeness (QED) is 0.773. The predicted molar refractivity (Wildman–Crippen MR) is 86.7 cm³/mol. The Morgan fingerprint density at radius 1 is 1.32 bits per heavy atom. The number of aromatic nitrogens is 3. The van der Waals surface area contributed by atoms with Crippen LogP contribution in [0.3, 0.4) is 0 Å². The minimum absolute atomic E-state index is 0.146. The van der Waals surface area contributed by atoms with E-state index in [2.05, 4.69) is 25.9 Å². The number of piperidine rings is 1. The molecule has 4 heterocycles. The molecule has 10 heteroatoms. The van der Waals surface area contributed by atoms with Gasteiger partial charge in [-0.2, -0.15) is 13.2 Å². The fraction of sp³-hybridized carbons (Fsp3) is 0.533. The van der Waals surface area contributed by atoms with E-state index in [-0.39, 0.29) is 12.5 Å². The normalized spacial score (nSPS) is 27.1. The van der Waals surface area contributed by atoms with Gasteiger partial charge in [-0.15, -0.1) is 0 Å². The molecule has 0 aliphatic carbocycles. The first-order valence-electron chi connectivity index (χ1n) is 7.91. The summed E-state index contributed by atoms with van der Waals surface area (Å²) in [5.74, 6) is -1.15. The number of nitrogens with two attached hydrogens (primary N) is 1. The summed E-state index contributed by atoms with van der Waals surface area (Å²) in [6, 6.07) is -0.759. The van der Waals surface area contributed by atoms with E-state index in [9.17, 15) is 18.0 Å². The minimum atomic E-state index is -4.34. The second-order valence-corrected chi connectivity index (χ2v) is 7.28. The number of halogens is 4. The third kappa shape index (κ3) is 2.57. The molecule has 6 nitrogen and oxygen atoms in total. The molecule has 1 amide bonds. The molecular weight excluding hydrogens is 403 g/mol. The van der Waals surface area contributed by atoms with Gasteiger partial charge in [-0.3, -0.25) is 9.20 Å². The first kappa shape index (κ1) is 16.6. The lowest BCUT2D eigenvalue weighted by Crippen LogP contribution is -2.45. The van der Waals surface area contributed by atoms with Crippen molar-refractivity contribution < 1.29 is 18.0 Å². The van der Waals surface area contributed by atoms with Crippen LogP contribution in [-0.2, 0) is 4.79 Å². The van der Waals surface area contributed by atoms with Gasteiger partial charge in [0.05, 0.1) is 5.92 Å². The second kappa shape index (κ2) is 5.58. The maximum atomic E-state index is 13.2. The van der Waals surface area contributed by atoms with Crippen LogP contribution in [0.25, 0.3) is 5.52 Å². The van der Waals surface area contributed by atoms with Crippen LogP contribution in [0.2, 0.25) is 0 Å². The first-order chi connectivity index (χ1) is 11.8. The van der Waals surface area contributed by atoms with E-state index in [1.54, 1.807) is 16.8 Å². The van der Waals surface area contributed by atoms with Crippen LogP contribution in [0.1, 0.15) is 31.0 Å². The van der Waals surface area contributed by atoms with Gasteiger partial charge in [0.25, 0.3) is 0 Å². The molecule has 0 spiro atoms. The molecule has 0 unspecified atom stereocenters. The van der Waals surface area contributed by atoms with Gasteiger partial charge in [0.15, 0.2) is 5.82 Å². The Morgan fingerprint density at radius 2 is 2.08 bits per heavy atom. The molecule has 134 valence electrons. The van der Waals surface area contributed by atoms with Crippen LogP contribution < -0.4 is 5.73 Å². The van der Waals surface area contributed by atoms with E-state index in [0.29, 0.717) is 34.6 Å². The number of amides is 1.